The van der Waals surface area contributed by atoms with E-state index in [0.717, 1.165) is 27.8 Å². The topological polar surface area (TPSA) is 114 Å². The standard InChI is InChI=1S/C31H32N2O6/c34-29(35)15-14-28(30(36)32-21-16-22(17-21)38-18-20-8-2-1-3-9-20)33-31(37)39-19-27-25-12-6-4-10-23(25)24-11-5-7-13-26(24)27/h1-13,21-22,27-28H,14-19H2,(H,32,36)(H,33,37)(H,34,35). The Bertz CT molecular complexity index is 1280. The summed E-state index contributed by atoms with van der Waals surface area (Å²) in [5, 5.41) is 14.6. The normalized spacial score (nSPS) is 18.3. The molecular formula is C31H32N2O6. The molecule has 2 aliphatic carbocycles. The summed E-state index contributed by atoms with van der Waals surface area (Å²) in [4.78, 5) is 36.9. The number of nitrogens with one attached hydrogen (secondary N) is 2. The molecular weight excluding hydrogens is 496 g/mol. The van der Waals surface area contributed by atoms with E-state index in [0.29, 0.717) is 19.4 Å². The van der Waals surface area contributed by atoms with Crippen molar-refractivity contribution in [3.8, 4) is 11.1 Å². The molecule has 0 spiro atoms. The molecule has 0 bridgehead atoms. The lowest BCUT2D eigenvalue weighted by Crippen LogP contribution is -2.54. The van der Waals surface area contributed by atoms with Crippen LogP contribution in [0.1, 0.15) is 48.3 Å². The number of fused-ring (bicyclic) bond motifs is 3. The van der Waals surface area contributed by atoms with E-state index in [1.54, 1.807) is 0 Å². The second-order valence-electron chi connectivity index (χ2n) is 10.1. The minimum Gasteiger partial charge on any atom is -0.481 e. The number of carbonyl (C=O) groups excluding carboxylic acids is 2. The molecule has 2 amide bonds. The molecule has 0 radical (unpaired) electrons. The Morgan fingerprint density at radius 1 is 0.872 bits per heavy atom. The van der Waals surface area contributed by atoms with Crippen LogP contribution in [0, 0.1) is 0 Å². The number of hydrogen-bond donors (Lipinski definition) is 3. The van der Waals surface area contributed by atoms with E-state index in [9.17, 15) is 14.4 Å². The zero-order chi connectivity index (χ0) is 27.2. The molecule has 1 saturated carbocycles. The molecule has 3 aromatic rings. The molecule has 5 rings (SSSR count). The third-order valence-electron chi connectivity index (χ3n) is 7.37. The van der Waals surface area contributed by atoms with Crippen LogP contribution in [-0.4, -0.2) is 47.9 Å². The first kappa shape index (κ1) is 26.4. The zero-order valence-corrected chi connectivity index (χ0v) is 21.5. The van der Waals surface area contributed by atoms with Crippen molar-refractivity contribution in [3.05, 3.63) is 95.6 Å². The number of carboxylic acids is 1. The summed E-state index contributed by atoms with van der Waals surface area (Å²) in [5.41, 5.74) is 5.49. The van der Waals surface area contributed by atoms with Gasteiger partial charge in [-0.1, -0.05) is 78.9 Å². The van der Waals surface area contributed by atoms with Crippen LogP contribution in [0.4, 0.5) is 4.79 Å². The van der Waals surface area contributed by atoms with Crippen LogP contribution in [-0.2, 0) is 25.7 Å². The lowest BCUT2D eigenvalue weighted by Gasteiger charge is -2.36. The average Bonchev–Trinajstić information content (AvgIpc) is 3.25. The molecule has 2 aliphatic rings. The minimum absolute atomic E-state index is 0.0357. The minimum atomic E-state index is -1.04. The number of carbonyl (C=O) groups is 3. The average molecular weight is 529 g/mol. The van der Waals surface area contributed by atoms with E-state index in [1.807, 2.05) is 66.7 Å². The number of carboxylic acid groups (broad SMARTS) is 1. The van der Waals surface area contributed by atoms with Gasteiger partial charge in [-0.25, -0.2) is 4.79 Å². The van der Waals surface area contributed by atoms with Gasteiger partial charge in [0, 0.05) is 18.4 Å². The van der Waals surface area contributed by atoms with E-state index in [1.165, 1.54) is 0 Å². The summed E-state index contributed by atoms with van der Waals surface area (Å²) in [6.45, 7) is 0.618. The van der Waals surface area contributed by atoms with Gasteiger partial charge in [0.25, 0.3) is 0 Å². The Morgan fingerprint density at radius 2 is 1.49 bits per heavy atom. The quantitative estimate of drug-likeness (QED) is 0.335. The van der Waals surface area contributed by atoms with Crippen LogP contribution in [0.25, 0.3) is 11.1 Å². The van der Waals surface area contributed by atoms with Gasteiger partial charge in [-0.2, -0.15) is 0 Å². The van der Waals surface area contributed by atoms with Crippen molar-refractivity contribution in [2.24, 2.45) is 0 Å². The molecule has 3 N–H and O–H groups in total. The molecule has 202 valence electrons. The van der Waals surface area contributed by atoms with Crippen molar-refractivity contribution in [2.75, 3.05) is 6.61 Å². The number of amides is 2. The van der Waals surface area contributed by atoms with Gasteiger partial charge in [-0.05, 0) is 47.1 Å². The third-order valence-corrected chi connectivity index (χ3v) is 7.37. The van der Waals surface area contributed by atoms with E-state index in [2.05, 4.69) is 22.8 Å². The van der Waals surface area contributed by atoms with Gasteiger partial charge in [0.05, 0.1) is 12.7 Å². The highest BCUT2D eigenvalue weighted by Crippen LogP contribution is 2.44. The SMILES string of the molecule is O=C(O)CCC(NC(=O)OCC1c2ccccc2-c2ccccc21)C(=O)NC1CC(OCc2ccccc2)C1. The highest BCUT2D eigenvalue weighted by Gasteiger charge is 2.34. The lowest BCUT2D eigenvalue weighted by molar-refractivity contribution is -0.137. The van der Waals surface area contributed by atoms with Crippen LogP contribution in [0.5, 0.6) is 0 Å². The largest absolute Gasteiger partial charge is 0.481 e. The van der Waals surface area contributed by atoms with Crippen molar-refractivity contribution in [3.63, 3.8) is 0 Å². The number of benzene rings is 3. The number of alkyl carbamates (subject to hydrolysis) is 1. The van der Waals surface area contributed by atoms with Crippen molar-refractivity contribution in [1.29, 1.82) is 0 Å². The van der Waals surface area contributed by atoms with Crippen LogP contribution < -0.4 is 10.6 Å². The molecule has 0 aliphatic heterocycles. The summed E-state index contributed by atoms with van der Waals surface area (Å²) in [7, 11) is 0. The van der Waals surface area contributed by atoms with Crippen molar-refractivity contribution < 1.29 is 29.0 Å². The Kier molecular flexibility index (Phi) is 8.22. The van der Waals surface area contributed by atoms with Crippen LogP contribution >= 0.6 is 0 Å². The van der Waals surface area contributed by atoms with Gasteiger partial charge in [0.1, 0.15) is 12.6 Å². The first-order chi connectivity index (χ1) is 19.0. The zero-order valence-electron chi connectivity index (χ0n) is 21.5. The fraction of sp³-hybridized carbons (Fsp3) is 0.323. The molecule has 0 heterocycles. The van der Waals surface area contributed by atoms with Gasteiger partial charge in [0.15, 0.2) is 0 Å². The molecule has 1 unspecified atom stereocenters. The van der Waals surface area contributed by atoms with E-state index in [4.69, 9.17) is 14.6 Å². The molecule has 3 aromatic carbocycles. The first-order valence-electron chi connectivity index (χ1n) is 13.3. The maximum absolute atomic E-state index is 13.0. The van der Waals surface area contributed by atoms with Gasteiger partial charge in [-0.3, -0.25) is 9.59 Å². The maximum atomic E-state index is 13.0. The van der Waals surface area contributed by atoms with E-state index >= 15 is 0 Å². The smallest absolute Gasteiger partial charge is 0.407 e. The third kappa shape index (κ3) is 6.46. The highest BCUT2D eigenvalue weighted by molar-refractivity contribution is 5.86. The molecule has 8 nitrogen and oxygen atoms in total. The summed E-state index contributed by atoms with van der Waals surface area (Å²) in [5.74, 6) is -1.58. The molecule has 39 heavy (non-hydrogen) atoms. The molecule has 0 saturated heterocycles. The fourth-order valence-corrected chi connectivity index (χ4v) is 5.23. The molecule has 0 aromatic heterocycles. The van der Waals surface area contributed by atoms with Gasteiger partial charge < -0.3 is 25.2 Å². The van der Waals surface area contributed by atoms with Crippen LogP contribution in [0.3, 0.4) is 0 Å². The van der Waals surface area contributed by atoms with E-state index < -0.39 is 24.0 Å². The predicted octanol–water partition coefficient (Wildman–Crippen LogP) is 4.62. The van der Waals surface area contributed by atoms with Crippen molar-refractivity contribution in [2.45, 2.75) is 56.4 Å². The van der Waals surface area contributed by atoms with Crippen molar-refractivity contribution >= 4 is 18.0 Å². The van der Waals surface area contributed by atoms with Gasteiger partial charge in [-0.15, -0.1) is 0 Å². The van der Waals surface area contributed by atoms with Gasteiger partial charge in [0.2, 0.25) is 5.91 Å². The number of aliphatic carboxylic acids is 1. The summed E-state index contributed by atoms with van der Waals surface area (Å²) in [6, 6.07) is 24.8. The first-order valence-corrected chi connectivity index (χ1v) is 13.3. The van der Waals surface area contributed by atoms with Crippen LogP contribution in [0.2, 0.25) is 0 Å². The summed E-state index contributed by atoms with van der Waals surface area (Å²) >= 11 is 0. The fourth-order valence-electron chi connectivity index (χ4n) is 5.23. The van der Waals surface area contributed by atoms with Crippen LogP contribution in [0.15, 0.2) is 78.9 Å². The Morgan fingerprint density at radius 3 is 2.13 bits per heavy atom. The second-order valence-corrected chi connectivity index (χ2v) is 10.1. The monoisotopic (exact) mass is 528 g/mol. The number of rotatable bonds is 11. The Hall–Kier alpha value is -4.17. The maximum Gasteiger partial charge on any atom is 0.407 e. The number of hydrogen-bond acceptors (Lipinski definition) is 5. The Balaban J connectivity index is 1.13. The predicted molar refractivity (Wildman–Crippen MR) is 145 cm³/mol. The molecule has 8 heteroatoms. The lowest BCUT2D eigenvalue weighted by atomic mass is 9.89. The second kappa shape index (κ2) is 12.1. The van der Waals surface area contributed by atoms with Crippen molar-refractivity contribution in [1.82, 2.24) is 10.6 Å². The van der Waals surface area contributed by atoms with Gasteiger partial charge >= 0.3 is 12.1 Å². The summed E-state index contributed by atoms with van der Waals surface area (Å²) in [6.07, 6.45) is 0.328. The Labute approximate surface area is 227 Å². The summed E-state index contributed by atoms with van der Waals surface area (Å²) < 4.78 is 11.5. The molecule has 1 fully saturated rings. The van der Waals surface area contributed by atoms with E-state index in [-0.39, 0.29) is 37.5 Å². The molecule has 1 atom stereocenters. The number of ether oxygens (including phenoxy) is 2. The highest BCUT2D eigenvalue weighted by atomic mass is 16.5.